The van der Waals surface area contributed by atoms with Gasteiger partial charge >= 0.3 is 7.60 Å². The Bertz CT molecular complexity index is 992. The van der Waals surface area contributed by atoms with Crippen LogP contribution in [0.1, 0.15) is 13.8 Å². The zero-order valence-corrected chi connectivity index (χ0v) is 16.0. The van der Waals surface area contributed by atoms with Crippen LogP contribution in [0, 0.1) is 0 Å². The van der Waals surface area contributed by atoms with Gasteiger partial charge in [-0.1, -0.05) is 11.6 Å². The fourth-order valence-corrected chi connectivity index (χ4v) is 5.18. The van der Waals surface area contributed by atoms with Crippen molar-refractivity contribution in [2.75, 3.05) is 19.2 Å². The smallest absolute Gasteiger partial charge is 0.366 e. The van der Waals surface area contributed by atoms with E-state index in [0.29, 0.717) is 0 Å². The molecule has 138 valence electrons. The molecule has 0 saturated carbocycles. The van der Waals surface area contributed by atoms with Crippen LogP contribution in [0.5, 0.6) is 0 Å². The van der Waals surface area contributed by atoms with Gasteiger partial charge in [-0.05, 0) is 32.0 Å². The second kappa shape index (κ2) is 7.57. The molecule has 0 bridgehead atoms. The number of fused-ring (bicyclic) bond motifs is 1. The molecule has 1 heterocycles. The van der Waals surface area contributed by atoms with Crippen LogP contribution in [-0.2, 0) is 23.4 Å². The van der Waals surface area contributed by atoms with Crippen LogP contribution in [0.3, 0.4) is 0 Å². The Morgan fingerprint density at radius 2 is 1.80 bits per heavy atom. The van der Waals surface area contributed by atoms with Crippen LogP contribution < -0.4 is 10.9 Å². The van der Waals surface area contributed by atoms with Crippen LogP contribution in [-0.4, -0.2) is 37.7 Å². The highest BCUT2D eigenvalue weighted by atomic mass is 35.5. The minimum atomic E-state index is -4.00. The highest BCUT2D eigenvalue weighted by Crippen LogP contribution is 2.46. The maximum atomic E-state index is 12.8. The number of nitrogens with one attached hydrogen (secondary N) is 1. The van der Waals surface area contributed by atoms with Gasteiger partial charge in [0, 0.05) is 10.9 Å². The monoisotopic (exact) mass is 409 g/mol. The van der Waals surface area contributed by atoms with Crippen LogP contribution >= 0.6 is 19.2 Å². The number of hydrogen-bond acceptors (Lipinski definition) is 7. The Morgan fingerprint density at radius 1 is 1.20 bits per heavy atom. The van der Waals surface area contributed by atoms with E-state index in [1.54, 1.807) is 13.8 Å². The summed E-state index contributed by atoms with van der Waals surface area (Å²) in [5, 5.41) is 8.89. The molecule has 0 atom stereocenters. The molecular weight excluding hydrogens is 393 g/mol. The van der Waals surface area contributed by atoms with Crippen molar-refractivity contribution in [3.05, 3.63) is 33.6 Å². The molecule has 11 heteroatoms. The van der Waals surface area contributed by atoms with Gasteiger partial charge in [-0.2, -0.15) is 0 Å². The number of pyridine rings is 1. The van der Waals surface area contributed by atoms with E-state index in [1.807, 2.05) is 0 Å². The fraction of sp³-hybridized carbons (Fsp3) is 0.357. The summed E-state index contributed by atoms with van der Waals surface area (Å²) < 4.78 is 47.0. The summed E-state index contributed by atoms with van der Waals surface area (Å²) in [6.07, 6.45) is 0. The Kier molecular flexibility index (Phi) is 6.09. The molecule has 0 unspecified atom stereocenters. The molecule has 25 heavy (non-hydrogen) atoms. The molecule has 0 radical (unpaired) electrons. The zero-order valence-electron chi connectivity index (χ0n) is 13.5. The van der Waals surface area contributed by atoms with E-state index in [4.69, 9.17) is 25.8 Å². The number of benzene rings is 1. The third-order valence-corrected chi connectivity index (χ3v) is 7.17. The number of aliphatic hydroxyl groups excluding tert-OH is 1. The minimum absolute atomic E-state index is 0.0551. The molecule has 2 N–H and O–H groups in total. The van der Waals surface area contributed by atoms with Gasteiger partial charge in [-0.3, -0.25) is 9.36 Å². The summed E-state index contributed by atoms with van der Waals surface area (Å²) in [6, 6.07) is 3.68. The van der Waals surface area contributed by atoms with Crippen molar-refractivity contribution < 1.29 is 27.1 Å². The highest BCUT2D eigenvalue weighted by Gasteiger charge is 2.31. The van der Waals surface area contributed by atoms with E-state index >= 15 is 0 Å². The quantitative estimate of drug-likeness (QED) is 0.668. The van der Waals surface area contributed by atoms with Crippen LogP contribution in [0.25, 0.3) is 10.9 Å². The van der Waals surface area contributed by atoms with Crippen molar-refractivity contribution in [1.82, 2.24) is 4.98 Å². The van der Waals surface area contributed by atoms with E-state index in [1.165, 1.54) is 18.2 Å². The minimum Gasteiger partial charge on any atom is -0.380 e. The van der Waals surface area contributed by atoms with Crippen LogP contribution in [0.2, 0.25) is 5.02 Å². The standard InChI is InChI=1S/C14H17ClNO7PS/c1-3-22-24(19,23-4-2)12-5-9-6-13(25(20,21)8-17)10(15)7-11(9)16-14(12)18/h5-7,17H,3-4,8H2,1-2H3,(H,16,18). The zero-order chi connectivity index (χ0) is 18.8. The van der Waals surface area contributed by atoms with E-state index in [2.05, 4.69) is 4.98 Å². The van der Waals surface area contributed by atoms with Gasteiger partial charge in [0.15, 0.2) is 0 Å². The maximum absolute atomic E-state index is 12.8. The van der Waals surface area contributed by atoms with Crippen molar-refractivity contribution >= 4 is 45.2 Å². The van der Waals surface area contributed by atoms with E-state index < -0.39 is 28.9 Å². The lowest BCUT2D eigenvalue weighted by Gasteiger charge is -2.17. The number of rotatable bonds is 7. The number of hydrogen-bond donors (Lipinski definition) is 2. The summed E-state index contributed by atoms with van der Waals surface area (Å²) >= 11 is 5.93. The number of aromatic amines is 1. The first-order chi connectivity index (χ1) is 11.7. The van der Waals surface area contributed by atoms with E-state index in [9.17, 15) is 17.8 Å². The van der Waals surface area contributed by atoms with Crippen molar-refractivity contribution in [2.45, 2.75) is 18.7 Å². The summed E-state index contributed by atoms with van der Waals surface area (Å²) in [5.74, 6) is -1.12. The number of sulfone groups is 1. The molecular formula is C14H17ClNO7PS. The predicted octanol–water partition coefficient (Wildman–Crippen LogP) is 1.80. The number of H-pyrrole nitrogens is 1. The Labute approximate surface area is 149 Å². The molecule has 8 nitrogen and oxygen atoms in total. The average Bonchev–Trinajstić information content (AvgIpc) is 2.54. The highest BCUT2D eigenvalue weighted by molar-refractivity contribution is 7.91. The van der Waals surface area contributed by atoms with Crippen molar-refractivity contribution in [2.24, 2.45) is 0 Å². The topological polar surface area (TPSA) is 123 Å². The maximum Gasteiger partial charge on any atom is 0.366 e. The Hall–Kier alpha value is -1.22. The molecule has 0 amide bonds. The van der Waals surface area contributed by atoms with Gasteiger partial charge < -0.3 is 19.1 Å². The number of halogens is 1. The summed E-state index contributed by atoms with van der Waals surface area (Å²) in [4.78, 5) is 14.5. The normalized spacial score (nSPS) is 12.6. The Balaban J connectivity index is 2.77. The second-order valence-corrected chi connectivity index (χ2v) is 9.26. The van der Waals surface area contributed by atoms with Crippen LogP contribution in [0.4, 0.5) is 0 Å². The van der Waals surface area contributed by atoms with E-state index in [0.717, 1.165) is 0 Å². The van der Waals surface area contributed by atoms with Gasteiger partial charge in [0.2, 0.25) is 9.84 Å². The first-order valence-electron chi connectivity index (χ1n) is 7.28. The number of aliphatic hydroxyl groups is 1. The van der Waals surface area contributed by atoms with Crippen molar-refractivity contribution in [3.63, 3.8) is 0 Å². The first kappa shape index (κ1) is 20.1. The number of aromatic nitrogens is 1. The summed E-state index contributed by atoms with van der Waals surface area (Å²) in [7, 11) is -7.86. The lowest BCUT2D eigenvalue weighted by molar-refractivity contribution is 0.229. The molecule has 1 aromatic heterocycles. The largest absolute Gasteiger partial charge is 0.380 e. The SMILES string of the molecule is CCOP(=O)(OCC)c1cc2cc(S(=O)(=O)CO)c(Cl)cc2[nH]c1=O. The predicted molar refractivity (Wildman–Crippen MR) is 94.3 cm³/mol. The van der Waals surface area contributed by atoms with E-state index in [-0.39, 0.29) is 39.3 Å². The second-order valence-electron chi connectivity index (χ2n) is 4.93. The molecule has 0 saturated heterocycles. The van der Waals surface area contributed by atoms with Crippen LogP contribution in [0.15, 0.2) is 27.9 Å². The average molecular weight is 410 g/mol. The van der Waals surface area contributed by atoms with Crippen molar-refractivity contribution in [1.29, 1.82) is 0 Å². The third-order valence-electron chi connectivity index (χ3n) is 3.28. The van der Waals surface area contributed by atoms with Crippen molar-refractivity contribution in [3.8, 4) is 0 Å². The van der Waals surface area contributed by atoms with Gasteiger partial charge in [0.05, 0.1) is 23.1 Å². The van der Waals surface area contributed by atoms with Gasteiger partial charge in [-0.15, -0.1) is 0 Å². The molecule has 0 fully saturated rings. The Morgan fingerprint density at radius 3 is 2.32 bits per heavy atom. The van der Waals surface area contributed by atoms with Gasteiger partial charge in [0.25, 0.3) is 5.56 Å². The molecule has 0 aliphatic heterocycles. The lowest BCUT2D eigenvalue weighted by Crippen LogP contribution is -2.29. The molecule has 0 spiro atoms. The van der Waals surface area contributed by atoms with Gasteiger partial charge in [0.1, 0.15) is 11.2 Å². The lowest BCUT2D eigenvalue weighted by atomic mass is 10.2. The summed E-state index contributed by atoms with van der Waals surface area (Å²) in [6.45, 7) is 3.32. The summed E-state index contributed by atoms with van der Waals surface area (Å²) in [5.41, 5.74) is -0.443. The molecule has 1 aromatic carbocycles. The van der Waals surface area contributed by atoms with Gasteiger partial charge in [-0.25, -0.2) is 8.42 Å². The first-order valence-corrected chi connectivity index (χ1v) is 10.9. The molecule has 2 rings (SSSR count). The molecule has 2 aromatic rings. The third kappa shape index (κ3) is 3.97. The molecule has 0 aliphatic carbocycles. The fourth-order valence-electron chi connectivity index (χ4n) is 2.22. The molecule has 0 aliphatic rings.